The number of pyridine rings is 1. The fourth-order valence-corrected chi connectivity index (χ4v) is 1.58. The molecule has 0 aliphatic heterocycles. The molecule has 0 saturated carbocycles. The molecule has 0 bridgehead atoms. The molecule has 21 heavy (non-hydrogen) atoms. The normalized spacial score (nSPS) is 9.95. The topological polar surface area (TPSA) is 94.3 Å². The zero-order chi connectivity index (χ0) is 15.2. The van der Waals surface area contributed by atoms with Crippen molar-refractivity contribution in [2.24, 2.45) is 5.73 Å². The summed E-state index contributed by atoms with van der Waals surface area (Å²) < 4.78 is 18.5. The molecule has 0 aliphatic carbocycles. The van der Waals surface area contributed by atoms with Crippen LogP contribution in [-0.2, 0) is 4.79 Å². The van der Waals surface area contributed by atoms with E-state index in [2.05, 4.69) is 10.3 Å². The van der Waals surface area contributed by atoms with E-state index in [0.717, 1.165) is 6.20 Å². The van der Waals surface area contributed by atoms with Crippen molar-refractivity contribution in [1.29, 1.82) is 0 Å². The third kappa shape index (κ3) is 4.00. The quantitative estimate of drug-likeness (QED) is 0.868. The van der Waals surface area contributed by atoms with Gasteiger partial charge in [0.1, 0.15) is 5.75 Å². The van der Waals surface area contributed by atoms with Gasteiger partial charge in [-0.2, -0.15) is 0 Å². The molecule has 0 spiro atoms. The van der Waals surface area contributed by atoms with Crippen LogP contribution in [0.25, 0.3) is 0 Å². The zero-order valence-electron chi connectivity index (χ0n) is 10.9. The van der Waals surface area contributed by atoms with Crippen LogP contribution < -0.4 is 15.8 Å². The van der Waals surface area contributed by atoms with Crippen LogP contribution in [0.5, 0.6) is 5.75 Å². The van der Waals surface area contributed by atoms with Crippen molar-refractivity contribution in [3.05, 3.63) is 54.1 Å². The van der Waals surface area contributed by atoms with Gasteiger partial charge in [-0.3, -0.25) is 14.6 Å². The number of halogens is 1. The zero-order valence-corrected chi connectivity index (χ0v) is 10.9. The lowest BCUT2D eigenvalue weighted by molar-refractivity contribution is -0.119. The molecule has 0 fully saturated rings. The summed E-state index contributed by atoms with van der Waals surface area (Å²) in [6, 6.07) is 7.60. The molecule has 0 saturated heterocycles. The minimum Gasteiger partial charge on any atom is -0.484 e. The summed E-state index contributed by atoms with van der Waals surface area (Å²) in [7, 11) is 0. The van der Waals surface area contributed by atoms with E-state index in [1.807, 2.05) is 0 Å². The van der Waals surface area contributed by atoms with Crippen LogP contribution in [-0.4, -0.2) is 23.4 Å². The van der Waals surface area contributed by atoms with E-state index in [9.17, 15) is 14.0 Å². The van der Waals surface area contributed by atoms with E-state index in [0.29, 0.717) is 11.4 Å². The summed E-state index contributed by atoms with van der Waals surface area (Å²) in [6.45, 7) is -0.267. The van der Waals surface area contributed by atoms with Crippen molar-refractivity contribution in [2.45, 2.75) is 0 Å². The molecule has 2 aromatic rings. The predicted molar refractivity (Wildman–Crippen MR) is 73.3 cm³/mol. The molecule has 0 unspecified atom stereocenters. The second kappa shape index (κ2) is 6.47. The van der Waals surface area contributed by atoms with Gasteiger partial charge in [0.05, 0.1) is 11.8 Å². The first-order valence-electron chi connectivity index (χ1n) is 5.98. The van der Waals surface area contributed by atoms with Gasteiger partial charge in [-0.1, -0.05) is 6.07 Å². The molecule has 1 aromatic carbocycles. The number of benzene rings is 1. The number of nitrogens with two attached hydrogens (primary N) is 1. The Labute approximate surface area is 119 Å². The number of carbonyl (C=O) groups excluding carboxylic acids is 2. The van der Waals surface area contributed by atoms with E-state index in [1.165, 1.54) is 18.3 Å². The number of nitrogens with zero attached hydrogens (tertiary/aromatic N) is 1. The third-order valence-electron chi connectivity index (χ3n) is 2.49. The first-order chi connectivity index (χ1) is 10.1. The van der Waals surface area contributed by atoms with E-state index < -0.39 is 17.6 Å². The Morgan fingerprint density at radius 2 is 2.14 bits per heavy atom. The number of ether oxygens (including phenoxy) is 1. The van der Waals surface area contributed by atoms with Crippen LogP contribution in [0.1, 0.15) is 10.4 Å². The van der Waals surface area contributed by atoms with Crippen molar-refractivity contribution in [3.8, 4) is 5.75 Å². The van der Waals surface area contributed by atoms with Gasteiger partial charge >= 0.3 is 0 Å². The number of amides is 2. The van der Waals surface area contributed by atoms with Gasteiger partial charge < -0.3 is 15.8 Å². The number of primary amides is 1. The van der Waals surface area contributed by atoms with Crippen LogP contribution in [0, 0.1) is 5.82 Å². The fraction of sp³-hybridized carbons (Fsp3) is 0.0714. The average Bonchev–Trinajstić information content (AvgIpc) is 2.46. The highest BCUT2D eigenvalue weighted by Crippen LogP contribution is 2.18. The lowest BCUT2D eigenvalue weighted by Gasteiger charge is -2.08. The molecule has 2 rings (SSSR count). The highest BCUT2D eigenvalue weighted by atomic mass is 19.1. The minimum absolute atomic E-state index is 0.117. The summed E-state index contributed by atoms with van der Waals surface area (Å²) in [6.07, 6.45) is 2.28. The number of rotatable bonds is 5. The Balaban J connectivity index is 2.09. The molecule has 0 atom stereocenters. The van der Waals surface area contributed by atoms with Gasteiger partial charge in [-0.05, 0) is 18.2 Å². The highest BCUT2D eigenvalue weighted by Gasteiger charge is 2.11. The molecule has 0 radical (unpaired) electrons. The van der Waals surface area contributed by atoms with Crippen molar-refractivity contribution in [3.63, 3.8) is 0 Å². The SMILES string of the molecule is NC(=O)COc1cccc(NC(=O)c2ccncc2F)c1. The number of carbonyl (C=O) groups is 2. The molecule has 108 valence electrons. The van der Waals surface area contributed by atoms with E-state index >= 15 is 0 Å². The van der Waals surface area contributed by atoms with Crippen LogP contribution in [0.15, 0.2) is 42.7 Å². The fourth-order valence-electron chi connectivity index (χ4n) is 1.58. The second-order valence-corrected chi connectivity index (χ2v) is 4.09. The number of nitrogens with one attached hydrogen (secondary N) is 1. The number of anilines is 1. The third-order valence-corrected chi connectivity index (χ3v) is 2.49. The average molecular weight is 289 g/mol. The summed E-state index contributed by atoms with van der Waals surface area (Å²) in [5.74, 6) is -1.57. The van der Waals surface area contributed by atoms with Crippen LogP contribution >= 0.6 is 0 Å². The van der Waals surface area contributed by atoms with E-state index in [4.69, 9.17) is 10.5 Å². The Hall–Kier alpha value is -2.96. The minimum atomic E-state index is -0.712. The van der Waals surface area contributed by atoms with E-state index in [1.54, 1.807) is 18.2 Å². The van der Waals surface area contributed by atoms with E-state index in [-0.39, 0.29) is 12.2 Å². The van der Waals surface area contributed by atoms with Gasteiger partial charge in [-0.25, -0.2) is 4.39 Å². The predicted octanol–water partition coefficient (Wildman–Crippen LogP) is 1.34. The molecule has 3 N–H and O–H groups in total. The van der Waals surface area contributed by atoms with Gasteiger partial charge in [0.25, 0.3) is 11.8 Å². The Kier molecular flexibility index (Phi) is 4.45. The van der Waals surface area contributed by atoms with Crippen molar-refractivity contribution in [2.75, 3.05) is 11.9 Å². The Bertz CT molecular complexity index is 676. The highest BCUT2D eigenvalue weighted by molar-refractivity contribution is 6.04. The maximum absolute atomic E-state index is 13.4. The Morgan fingerprint density at radius 3 is 2.86 bits per heavy atom. The van der Waals surface area contributed by atoms with Crippen molar-refractivity contribution < 1.29 is 18.7 Å². The monoisotopic (exact) mass is 289 g/mol. The molecule has 1 heterocycles. The van der Waals surface area contributed by atoms with Gasteiger partial charge in [0.2, 0.25) is 0 Å². The number of aromatic nitrogens is 1. The maximum atomic E-state index is 13.4. The summed E-state index contributed by atoms with van der Waals surface area (Å²) >= 11 is 0. The Morgan fingerprint density at radius 1 is 1.33 bits per heavy atom. The molecule has 1 aromatic heterocycles. The lowest BCUT2D eigenvalue weighted by atomic mass is 10.2. The molecule has 7 heteroatoms. The van der Waals surface area contributed by atoms with Crippen molar-refractivity contribution in [1.82, 2.24) is 4.98 Å². The molecule has 6 nitrogen and oxygen atoms in total. The number of hydrogen-bond donors (Lipinski definition) is 2. The lowest BCUT2D eigenvalue weighted by Crippen LogP contribution is -2.20. The summed E-state index contributed by atoms with van der Waals surface area (Å²) in [5, 5.41) is 2.52. The smallest absolute Gasteiger partial charge is 0.258 e. The molecular formula is C14H12FN3O3. The summed E-state index contributed by atoms with van der Waals surface area (Å²) in [4.78, 5) is 26.1. The van der Waals surface area contributed by atoms with Gasteiger partial charge in [-0.15, -0.1) is 0 Å². The first kappa shape index (κ1) is 14.4. The van der Waals surface area contributed by atoms with Crippen LogP contribution in [0.3, 0.4) is 0 Å². The second-order valence-electron chi connectivity index (χ2n) is 4.09. The standard InChI is InChI=1S/C14H12FN3O3/c15-12-7-17-5-4-11(12)14(20)18-9-2-1-3-10(6-9)21-8-13(16)19/h1-7H,8H2,(H2,16,19)(H,18,20). The number of hydrogen-bond acceptors (Lipinski definition) is 4. The first-order valence-corrected chi connectivity index (χ1v) is 5.98. The molecule has 2 amide bonds. The molecular weight excluding hydrogens is 277 g/mol. The van der Waals surface area contributed by atoms with Gasteiger partial charge in [0, 0.05) is 18.0 Å². The van der Waals surface area contributed by atoms with Crippen LogP contribution in [0.2, 0.25) is 0 Å². The largest absolute Gasteiger partial charge is 0.484 e. The van der Waals surface area contributed by atoms with Gasteiger partial charge in [0.15, 0.2) is 12.4 Å². The maximum Gasteiger partial charge on any atom is 0.258 e. The van der Waals surface area contributed by atoms with Crippen LogP contribution in [0.4, 0.5) is 10.1 Å². The summed E-state index contributed by atoms with van der Waals surface area (Å²) in [5.41, 5.74) is 5.25. The molecule has 0 aliphatic rings. The van der Waals surface area contributed by atoms with Crippen molar-refractivity contribution >= 4 is 17.5 Å².